The third kappa shape index (κ3) is 4.54. The first-order valence-corrected chi connectivity index (χ1v) is 10.8. The van der Waals surface area contributed by atoms with Gasteiger partial charge in [0, 0.05) is 31.9 Å². The Hall–Kier alpha value is -3.85. The molecule has 1 aliphatic heterocycles. The maximum absolute atomic E-state index is 12.6. The van der Waals surface area contributed by atoms with Crippen LogP contribution in [0.3, 0.4) is 0 Å². The second-order valence-corrected chi connectivity index (χ2v) is 8.22. The number of benzene rings is 2. The molecular formula is C24H28N6O3. The van der Waals surface area contributed by atoms with Gasteiger partial charge in [-0.2, -0.15) is 0 Å². The van der Waals surface area contributed by atoms with Crippen molar-refractivity contribution in [1.82, 2.24) is 25.3 Å². The lowest BCUT2D eigenvalue weighted by Gasteiger charge is -2.24. The first-order valence-electron chi connectivity index (χ1n) is 10.8. The summed E-state index contributed by atoms with van der Waals surface area (Å²) in [5.41, 5.74) is 6.42. The maximum Gasteiger partial charge on any atom is 0.269 e. The maximum atomic E-state index is 12.6. The summed E-state index contributed by atoms with van der Waals surface area (Å²) >= 11 is 0. The normalized spacial score (nSPS) is 13.8. The highest BCUT2D eigenvalue weighted by atomic mass is 16.3. The summed E-state index contributed by atoms with van der Waals surface area (Å²) in [7, 11) is 1.56. The fraction of sp³-hybridized carbons (Fsp3) is 0.292. The van der Waals surface area contributed by atoms with E-state index in [2.05, 4.69) is 25.7 Å². The molecule has 9 nitrogen and oxygen atoms in total. The molecule has 0 bridgehead atoms. The van der Waals surface area contributed by atoms with Gasteiger partial charge in [0.25, 0.3) is 5.91 Å². The molecule has 9 heteroatoms. The summed E-state index contributed by atoms with van der Waals surface area (Å²) < 4.78 is 1.71. The molecular weight excluding hydrogens is 420 g/mol. The van der Waals surface area contributed by atoms with Gasteiger partial charge in [-0.1, -0.05) is 26.0 Å². The number of rotatable bonds is 6. The SMILES string of the molecule is CNC(=O)c1cnc(-c2cc(C(C)C)c(O)cc2O)n1-c1ccc(CN2CCN=CN2)cc1. The Morgan fingerprint density at radius 3 is 2.58 bits per heavy atom. The van der Waals surface area contributed by atoms with E-state index in [1.54, 1.807) is 24.0 Å². The molecule has 33 heavy (non-hydrogen) atoms. The Morgan fingerprint density at radius 2 is 1.94 bits per heavy atom. The summed E-state index contributed by atoms with van der Waals surface area (Å²) in [4.78, 5) is 21.2. The molecule has 172 valence electrons. The number of aliphatic imine (C=N–C) groups is 1. The van der Waals surface area contributed by atoms with Gasteiger partial charge in [0.1, 0.15) is 23.0 Å². The van der Waals surface area contributed by atoms with Crippen LogP contribution in [0.25, 0.3) is 17.1 Å². The number of hydrazine groups is 1. The lowest BCUT2D eigenvalue weighted by Crippen LogP contribution is -2.41. The second kappa shape index (κ2) is 9.33. The molecule has 1 amide bonds. The van der Waals surface area contributed by atoms with Crippen molar-refractivity contribution in [3.05, 3.63) is 59.4 Å². The lowest BCUT2D eigenvalue weighted by atomic mass is 9.98. The van der Waals surface area contributed by atoms with Crippen LogP contribution < -0.4 is 10.7 Å². The van der Waals surface area contributed by atoms with Crippen LogP contribution in [0.2, 0.25) is 0 Å². The van der Waals surface area contributed by atoms with Crippen LogP contribution in [0.5, 0.6) is 11.5 Å². The van der Waals surface area contributed by atoms with Crippen molar-refractivity contribution in [3.8, 4) is 28.6 Å². The Labute approximate surface area is 192 Å². The third-order valence-corrected chi connectivity index (χ3v) is 5.63. The quantitative estimate of drug-likeness (QED) is 0.461. The minimum absolute atomic E-state index is 0.0246. The highest BCUT2D eigenvalue weighted by Gasteiger charge is 2.22. The Bertz CT molecular complexity index is 1180. The minimum Gasteiger partial charge on any atom is -0.508 e. The predicted molar refractivity (Wildman–Crippen MR) is 127 cm³/mol. The summed E-state index contributed by atoms with van der Waals surface area (Å²) in [6, 6.07) is 10.9. The number of aromatic hydroxyl groups is 2. The van der Waals surface area contributed by atoms with Crippen molar-refractivity contribution in [1.29, 1.82) is 0 Å². The van der Waals surface area contributed by atoms with Crippen molar-refractivity contribution in [2.24, 2.45) is 4.99 Å². The number of carbonyl (C=O) groups is 1. The monoisotopic (exact) mass is 448 g/mol. The molecule has 0 saturated carbocycles. The van der Waals surface area contributed by atoms with Crippen LogP contribution in [0.1, 0.15) is 41.4 Å². The standard InChI is InChI=1S/C24H28N6O3/c1-15(2)18-10-19(22(32)11-21(18)31)23-27-12-20(24(33)25-3)30(23)17-6-4-16(5-7-17)13-29-9-8-26-14-28-29/h4-7,10-12,14-15,31-32H,8-9,13H2,1-3H3,(H,25,33)(H,26,28). The van der Waals surface area contributed by atoms with Crippen LogP contribution in [0.4, 0.5) is 0 Å². The molecule has 1 aromatic heterocycles. The molecule has 0 atom stereocenters. The summed E-state index contributed by atoms with van der Waals surface area (Å²) in [5.74, 6) is 0.0730. The highest BCUT2D eigenvalue weighted by molar-refractivity contribution is 5.94. The molecule has 0 spiro atoms. The van der Waals surface area contributed by atoms with E-state index in [1.807, 2.05) is 38.1 Å². The minimum atomic E-state index is -0.294. The van der Waals surface area contributed by atoms with Crippen LogP contribution in [0.15, 0.2) is 47.6 Å². The molecule has 0 saturated heterocycles. The van der Waals surface area contributed by atoms with Gasteiger partial charge in [0.15, 0.2) is 0 Å². The number of phenols is 2. The van der Waals surface area contributed by atoms with Crippen LogP contribution in [0, 0.1) is 0 Å². The summed E-state index contributed by atoms with van der Waals surface area (Å²) in [5, 5.41) is 25.6. The molecule has 4 rings (SSSR count). The fourth-order valence-electron chi connectivity index (χ4n) is 3.85. The zero-order chi connectivity index (χ0) is 23.5. The number of imidazole rings is 1. The average molecular weight is 449 g/mol. The Morgan fingerprint density at radius 1 is 1.18 bits per heavy atom. The van der Waals surface area contributed by atoms with E-state index in [0.29, 0.717) is 29.2 Å². The number of phenolic OH excluding ortho intramolecular Hbond substituents is 2. The van der Waals surface area contributed by atoms with Crippen LogP contribution >= 0.6 is 0 Å². The van der Waals surface area contributed by atoms with Crippen molar-refractivity contribution in [2.75, 3.05) is 20.1 Å². The van der Waals surface area contributed by atoms with E-state index >= 15 is 0 Å². The zero-order valence-electron chi connectivity index (χ0n) is 18.9. The number of nitrogens with one attached hydrogen (secondary N) is 2. The molecule has 0 fully saturated rings. The number of hydrogen-bond donors (Lipinski definition) is 4. The van der Waals surface area contributed by atoms with Crippen LogP contribution in [-0.4, -0.2) is 57.2 Å². The lowest BCUT2D eigenvalue weighted by molar-refractivity contribution is 0.0956. The van der Waals surface area contributed by atoms with E-state index in [1.165, 1.54) is 12.3 Å². The van der Waals surface area contributed by atoms with Gasteiger partial charge in [-0.25, -0.2) is 9.99 Å². The molecule has 2 aromatic carbocycles. The van der Waals surface area contributed by atoms with Gasteiger partial charge in [-0.05, 0) is 35.2 Å². The second-order valence-electron chi connectivity index (χ2n) is 8.22. The van der Waals surface area contributed by atoms with Gasteiger partial charge in [-0.15, -0.1) is 0 Å². The van der Waals surface area contributed by atoms with E-state index in [4.69, 9.17) is 0 Å². The first kappa shape index (κ1) is 22.3. The molecule has 0 unspecified atom stereocenters. The summed E-state index contributed by atoms with van der Waals surface area (Å²) in [6.07, 6.45) is 3.18. The molecule has 0 radical (unpaired) electrons. The Kier molecular flexibility index (Phi) is 6.32. The van der Waals surface area contributed by atoms with Gasteiger partial charge in [-0.3, -0.25) is 14.4 Å². The number of nitrogens with zero attached hydrogens (tertiary/aromatic N) is 4. The van der Waals surface area contributed by atoms with Crippen molar-refractivity contribution in [2.45, 2.75) is 26.3 Å². The smallest absolute Gasteiger partial charge is 0.269 e. The molecule has 0 aliphatic carbocycles. The highest BCUT2D eigenvalue weighted by Crippen LogP contribution is 2.38. The number of aromatic nitrogens is 2. The average Bonchev–Trinajstić information content (AvgIpc) is 3.24. The number of amides is 1. The van der Waals surface area contributed by atoms with Crippen molar-refractivity contribution < 1.29 is 15.0 Å². The molecule has 3 aromatic rings. The van der Waals surface area contributed by atoms with Crippen molar-refractivity contribution >= 4 is 12.2 Å². The van der Waals surface area contributed by atoms with Gasteiger partial charge < -0.3 is 21.0 Å². The van der Waals surface area contributed by atoms with Crippen molar-refractivity contribution in [3.63, 3.8) is 0 Å². The topological polar surface area (TPSA) is 115 Å². The predicted octanol–water partition coefficient (Wildman–Crippen LogP) is 2.78. The van der Waals surface area contributed by atoms with Gasteiger partial charge in [0.2, 0.25) is 0 Å². The van der Waals surface area contributed by atoms with Crippen LogP contribution in [-0.2, 0) is 6.54 Å². The molecule has 4 N–H and O–H groups in total. The number of carbonyl (C=O) groups excluding carboxylic acids is 1. The largest absolute Gasteiger partial charge is 0.508 e. The zero-order valence-corrected chi connectivity index (χ0v) is 18.9. The molecule has 2 heterocycles. The fourth-order valence-corrected chi connectivity index (χ4v) is 3.85. The van der Waals surface area contributed by atoms with E-state index < -0.39 is 0 Å². The first-order chi connectivity index (χ1) is 15.9. The van der Waals surface area contributed by atoms with E-state index in [9.17, 15) is 15.0 Å². The number of hydrogen-bond acceptors (Lipinski definition) is 7. The van der Waals surface area contributed by atoms with E-state index in [0.717, 1.165) is 24.3 Å². The Balaban J connectivity index is 1.77. The van der Waals surface area contributed by atoms with Gasteiger partial charge in [0.05, 0.1) is 24.6 Å². The third-order valence-electron chi connectivity index (χ3n) is 5.63. The molecule has 1 aliphatic rings. The summed E-state index contributed by atoms with van der Waals surface area (Å²) in [6.45, 7) is 6.21. The van der Waals surface area contributed by atoms with Gasteiger partial charge >= 0.3 is 0 Å². The van der Waals surface area contributed by atoms with E-state index in [-0.39, 0.29) is 23.3 Å².